The van der Waals surface area contributed by atoms with E-state index in [-0.39, 0.29) is 0 Å². The summed E-state index contributed by atoms with van der Waals surface area (Å²) in [4.78, 5) is 11.3. The minimum Gasteiger partial charge on any atom is -0.424 e. The highest BCUT2D eigenvalue weighted by Crippen LogP contribution is 2.25. The molecule has 1 saturated heterocycles. The van der Waals surface area contributed by atoms with Crippen LogP contribution in [-0.2, 0) is 0 Å². The van der Waals surface area contributed by atoms with E-state index in [1.807, 2.05) is 23.7 Å². The van der Waals surface area contributed by atoms with Gasteiger partial charge in [-0.25, -0.2) is 4.98 Å². The Hall–Kier alpha value is -2.08. The predicted octanol–water partition coefficient (Wildman–Crippen LogP) is 3.67. The van der Waals surface area contributed by atoms with Crippen molar-refractivity contribution in [2.75, 3.05) is 23.3 Å². The van der Waals surface area contributed by atoms with Crippen LogP contribution in [0.5, 0.6) is 0 Å². The van der Waals surface area contributed by atoms with E-state index in [1.165, 1.54) is 5.56 Å². The average Bonchev–Trinajstić information content (AvgIpc) is 3.16. The Bertz CT molecular complexity index is 760. The number of benzene rings is 1. The van der Waals surface area contributed by atoms with Crippen molar-refractivity contribution in [1.29, 1.82) is 0 Å². The molecule has 1 aliphatic heterocycles. The lowest BCUT2D eigenvalue weighted by Crippen LogP contribution is -2.39. The van der Waals surface area contributed by atoms with Crippen molar-refractivity contribution < 1.29 is 4.42 Å². The zero-order chi connectivity index (χ0) is 14.9. The number of anilines is 2. The smallest absolute Gasteiger partial charge is 0.295 e. The molecule has 3 heterocycles. The van der Waals surface area contributed by atoms with Crippen molar-refractivity contribution in [3.63, 3.8) is 0 Å². The van der Waals surface area contributed by atoms with Crippen LogP contribution in [0.1, 0.15) is 18.4 Å². The summed E-state index contributed by atoms with van der Waals surface area (Å²) in [5.41, 5.74) is 2.96. The number of fused-ring (bicyclic) bond motifs is 1. The standard InChI is InChI=1S/C16H18N4OS/c1-11-2-3-14-13(10-11)19-15(21-14)18-12-4-7-20(8-5-12)16-17-6-9-22-16/h2-3,6,9-10,12H,4-5,7-8H2,1H3,(H,18,19). The maximum Gasteiger partial charge on any atom is 0.295 e. The van der Waals surface area contributed by atoms with Gasteiger partial charge in [0.05, 0.1) is 0 Å². The summed E-state index contributed by atoms with van der Waals surface area (Å²) >= 11 is 1.70. The third-order valence-electron chi connectivity index (χ3n) is 4.06. The van der Waals surface area contributed by atoms with Crippen LogP contribution in [0.3, 0.4) is 0 Å². The van der Waals surface area contributed by atoms with E-state index in [4.69, 9.17) is 4.42 Å². The van der Waals surface area contributed by atoms with Crippen molar-refractivity contribution in [2.45, 2.75) is 25.8 Å². The second kappa shape index (κ2) is 5.61. The number of nitrogens with zero attached hydrogens (tertiary/aromatic N) is 3. The highest BCUT2D eigenvalue weighted by molar-refractivity contribution is 7.13. The van der Waals surface area contributed by atoms with Gasteiger partial charge < -0.3 is 14.6 Å². The van der Waals surface area contributed by atoms with Crippen molar-refractivity contribution in [3.8, 4) is 0 Å². The molecular weight excluding hydrogens is 296 g/mol. The Morgan fingerprint density at radius 2 is 2.18 bits per heavy atom. The fraction of sp³-hybridized carbons (Fsp3) is 0.375. The minimum atomic E-state index is 0.408. The van der Waals surface area contributed by atoms with Crippen LogP contribution in [0.2, 0.25) is 0 Å². The van der Waals surface area contributed by atoms with Crippen LogP contribution in [0.25, 0.3) is 11.1 Å². The number of thiazole rings is 1. The molecule has 0 atom stereocenters. The van der Waals surface area contributed by atoms with Gasteiger partial charge >= 0.3 is 0 Å². The van der Waals surface area contributed by atoms with Gasteiger partial charge in [0.15, 0.2) is 10.7 Å². The summed E-state index contributed by atoms with van der Waals surface area (Å²) in [5.74, 6) is 0. The Balaban J connectivity index is 1.41. The Morgan fingerprint density at radius 3 is 2.95 bits per heavy atom. The first kappa shape index (κ1) is 13.6. The van der Waals surface area contributed by atoms with Gasteiger partial charge in [-0.3, -0.25) is 0 Å². The Morgan fingerprint density at radius 1 is 1.32 bits per heavy atom. The zero-order valence-corrected chi connectivity index (χ0v) is 13.3. The fourth-order valence-electron chi connectivity index (χ4n) is 2.86. The van der Waals surface area contributed by atoms with Gasteiger partial charge in [0.1, 0.15) is 5.52 Å². The molecule has 0 spiro atoms. The summed E-state index contributed by atoms with van der Waals surface area (Å²) in [7, 11) is 0. The van der Waals surface area contributed by atoms with Crippen LogP contribution < -0.4 is 10.2 Å². The molecule has 0 saturated carbocycles. The van der Waals surface area contributed by atoms with Gasteiger partial charge in [0, 0.05) is 30.7 Å². The van der Waals surface area contributed by atoms with Gasteiger partial charge in [0.2, 0.25) is 0 Å². The summed E-state index contributed by atoms with van der Waals surface area (Å²) in [5, 5.41) is 6.58. The second-order valence-electron chi connectivity index (χ2n) is 5.71. The lowest BCUT2D eigenvalue weighted by atomic mass is 10.1. The molecule has 0 aliphatic carbocycles. The molecule has 3 aromatic rings. The number of piperidine rings is 1. The molecule has 0 unspecified atom stereocenters. The molecule has 1 fully saturated rings. The van der Waals surface area contributed by atoms with E-state index >= 15 is 0 Å². The number of hydrogen-bond acceptors (Lipinski definition) is 6. The monoisotopic (exact) mass is 314 g/mol. The van der Waals surface area contributed by atoms with Crippen LogP contribution in [0.4, 0.5) is 11.1 Å². The molecule has 2 aromatic heterocycles. The van der Waals surface area contributed by atoms with E-state index in [0.29, 0.717) is 12.1 Å². The summed E-state index contributed by atoms with van der Waals surface area (Å²) in [6.07, 6.45) is 4.00. The predicted molar refractivity (Wildman–Crippen MR) is 89.7 cm³/mol. The fourth-order valence-corrected chi connectivity index (χ4v) is 3.56. The first-order valence-corrected chi connectivity index (χ1v) is 8.44. The molecule has 1 aliphatic rings. The van der Waals surface area contributed by atoms with E-state index in [1.54, 1.807) is 11.3 Å². The van der Waals surface area contributed by atoms with Crippen molar-refractivity contribution in [3.05, 3.63) is 35.3 Å². The Kier molecular flexibility index (Phi) is 3.46. The summed E-state index contributed by atoms with van der Waals surface area (Å²) < 4.78 is 5.78. The van der Waals surface area contributed by atoms with E-state index in [2.05, 4.69) is 33.2 Å². The van der Waals surface area contributed by atoms with Crippen LogP contribution >= 0.6 is 11.3 Å². The van der Waals surface area contributed by atoms with E-state index in [0.717, 1.165) is 42.2 Å². The molecule has 4 rings (SSSR count). The lowest BCUT2D eigenvalue weighted by Gasteiger charge is -2.31. The molecule has 0 amide bonds. The topological polar surface area (TPSA) is 54.2 Å². The first-order chi connectivity index (χ1) is 10.8. The molecule has 0 bridgehead atoms. The third-order valence-corrected chi connectivity index (χ3v) is 4.89. The van der Waals surface area contributed by atoms with Gasteiger partial charge in [-0.2, -0.15) is 4.98 Å². The van der Waals surface area contributed by atoms with Gasteiger partial charge in [-0.1, -0.05) is 6.07 Å². The van der Waals surface area contributed by atoms with Crippen molar-refractivity contribution in [1.82, 2.24) is 9.97 Å². The number of aromatic nitrogens is 2. The van der Waals surface area contributed by atoms with Crippen molar-refractivity contribution in [2.24, 2.45) is 0 Å². The molecule has 22 heavy (non-hydrogen) atoms. The molecule has 1 aromatic carbocycles. The molecule has 6 heteroatoms. The normalized spacial score (nSPS) is 16.3. The first-order valence-electron chi connectivity index (χ1n) is 7.56. The quantitative estimate of drug-likeness (QED) is 0.799. The second-order valence-corrected chi connectivity index (χ2v) is 6.58. The summed E-state index contributed by atoms with van der Waals surface area (Å²) in [6, 6.07) is 7.12. The highest BCUT2D eigenvalue weighted by Gasteiger charge is 2.21. The SMILES string of the molecule is Cc1ccc2oc(NC3CCN(c4nccs4)CC3)nc2c1. The van der Waals surface area contributed by atoms with Gasteiger partial charge in [-0.15, -0.1) is 11.3 Å². The third kappa shape index (κ3) is 2.66. The lowest BCUT2D eigenvalue weighted by molar-refractivity contribution is 0.505. The molecule has 114 valence electrons. The molecule has 5 nitrogen and oxygen atoms in total. The maximum absolute atomic E-state index is 5.78. The average molecular weight is 314 g/mol. The number of rotatable bonds is 3. The van der Waals surface area contributed by atoms with Crippen LogP contribution in [0, 0.1) is 6.92 Å². The number of aryl methyl sites for hydroxylation is 1. The highest BCUT2D eigenvalue weighted by atomic mass is 32.1. The molecular formula is C16H18N4OS. The van der Waals surface area contributed by atoms with Crippen LogP contribution in [0.15, 0.2) is 34.2 Å². The van der Waals surface area contributed by atoms with E-state index in [9.17, 15) is 0 Å². The number of oxazole rings is 1. The molecule has 1 N–H and O–H groups in total. The largest absolute Gasteiger partial charge is 0.424 e. The van der Waals surface area contributed by atoms with Gasteiger partial charge in [0.25, 0.3) is 6.01 Å². The van der Waals surface area contributed by atoms with Gasteiger partial charge in [-0.05, 0) is 37.5 Å². The minimum absolute atomic E-state index is 0.408. The zero-order valence-electron chi connectivity index (χ0n) is 12.5. The maximum atomic E-state index is 5.78. The van der Waals surface area contributed by atoms with E-state index < -0.39 is 0 Å². The molecule has 0 radical (unpaired) electrons. The number of nitrogens with one attached hydrogen (secondary N) is 1. The van der Waals surface area contributed by atoms with Crippen molar-refractivity contribution >= 4 is 33.6 Å². The summed E-state index contributed by atoms with van der Waals surface area (Å²) in [6.45, 7) is 4.10. The number of hydrogen-bond donors (Lipinski definition) is 1. The van der Waals surface area contributed by atoms with Crippen LogP contribution in [-0.4, -0.2) is 29.1 Å². The Labute approximate surface area is 133 Å².